The number of thioether (sulfide) groups is 1. The molecule has 0 saturated carbocycles. The van der Waals surface area contributed by atoms with Crippen molar-refractivity contribution >= 4 is 46.2 Å². The fraction of sp³-hybridized carbons (Fsp3) is 0.200. The number of aryl methyl sites for hydroxylation is 1. The molecule has 2 aromatic carbocycles. The van der Waals surface area contributed by atoms with Crippen LogP contribution in [0.1, 0.15) is 36.5 Å². The van der Waals surface area contributed by atoms with Crippen LogP contribution in [0.5, 0.6) is 5.75 Å². The van der Waals surface area contributed by atoms with E-state index in [2.05, 4.69) is 10.3 Å². The van der Waals surface area contributed by atoms with Crippen LogP contribution in [0, 0.1) is 6.92 Å². The van der Waals surface area contributed by atoms with Crippen LogP contribution in [0.3, 0.4) is 0 Å². The standard InChI is InChI=1S/C20H19ClN2O2S/c1-11(2)15-10-16(12(3)8-17(15)24)22-19-18(26-20(25)23-19)9-13-4-6-14(21)7-5-13/h4-11,24H,1-3H3,(H,22,23,25). The zero-order chi connectivity index (χ0) is 18.8. The summed E-state index contributed by atoms with van der Waals surface area (Å²) in [5.41, 5.74) is 3.34. The van der Waals surface area contributed by atoms with Crippen LogP contribution in [0.2, 0.25) is 5.02 Å². The largest absolute Gasteiger partial charge is 0.508 e. The minimum absolute atomic E-state index is 0.163. The quantitative estimate of drug-likeness (QED) is 0.679. The number of benzene rings is 2. The van der Waals surface area contributed by atoms with Gasteiger partial charge in [0.15, 0.2) is 0 Å². The van der Waals surface area contributed by atoms with Gasteiger partial charge in [-0.05, 0) is 71.6 Å². The molecule has 26 heavy (non-hydrogen) atoms. The van der Waals surface area contributed by atoms with Gasteiger partial charge in [-0.2, -0.15) is 0 Å². The Labute approximate surface area is 162 Å². The molecule has 1 amide bonds. The summed E-state index contributed by atoms with van der Waals surface area (Å²) in [4.78, 5) is 17.3. The van der Waals surface area contributed by atoms with E-state index in [0.717, 1.165) is 39.0 Å². The van der Waals surface area contributed by atoms with Gasteiger partial charge in [0.25, 0.3) is 5.24 Å². The fourth-order valence-electron chi connectivity index (χ4n) is 2.62. The first kappa shape index (κ1) is 18.5. The third kappa shape index (κ3) is 4.11. The second kappa shape index (κ2) is 7.56. The Balaban J connectivity index is 2.02. The zero-order valence-corrected chi connectivity index (χ0v) is 16.3. The molecular formula is C20H19ClN2O2S. The molecule has 3 rings (SSSR count). The van der Waals surface area contributed by atoms with E-state index in [-0.39, 0.29) is 16.9 Å². The summed E-state index contributed by atoms with van der Waals surface area (Å²) in [6, 6.07) is 11.0. The molecule has 4 nitrogen and oxygen atoms in total. The SMILES string of the molecule is Cc1cc(O)c(C(C)C)cc1N=C1NC(=O)SC1=Cc1ccc(Cl)cc1. The van der Waals surface area contributed by atoms with Gasteiger partial charge in [-0.25, -0.2) is 4.99 Å². The van der Waals surface area contributed by atoms with Gasteiger partial charge in [0.1, 0.15) is 11.6 Å². The van der Waals surface area contributed by atoms with Crippen LogP contribution in [0.15, 0.2) is 46.3 Å². The van der Waals surface area contributed by atoms with E-state index in [1.807, 2.05) is 45.0 Å². The molecule has 0 atom stereocenters. The smallest absolute Gasteiger partial charge is 0.289 e. The second-order valence-corrected chi connectivity index (χ2v) is 7.84. The van der Waals surface area contributed by atoms with E-state index in [1.54, 1.807) is 18.2 Å². The number of phenols is 1. The van der Waals surface area contributed by atoms with Gasteiger partial charge in [0, 0.05) is 5.02 Å². The van der Waals surface area contributed by atoms with E-state index in [9.17, 15) is 9.90 Å². The van der Waals surface area contributed by atoms with Crippen molar-refractivity contribution in [2.45, 2.75) is 26.7 Å². The number of hydrogen-bond donors (Lipinski definition) is 2. The number of halogens is 1. The van der Waals surface area contributed by atoms with Crippen molar-refractivity contribution < 1.29 is 9.90 Å². The van der Waals surface area contributed by atoms with Crippen molar-refractivity contribution in [1.82, 2.24) is 5.32 Å². The number of amides is 1. The Morgan fingerprint density at radius 1 is 1.23 bits per heavy atom. The van der Waals surface area contributed by atoms with Gasteiger partial charge in [0.2, 0.25) is 0 Å². The van der Waals surface area contributed by atoms with Crippen LogP contribution >= 0.6 is 23.4 Å². The summed E-state index contributed by atoms with van der Waals surface area (Å²) in [7, 11) is 0. The van der Waals surface area contributed by atoms with Crippen molar-refractivity contribution in [2.75, 3.05) is 0 Å². The fourth-order valence-corrected chi connectivity index (χ4v) is 3.49. The topological polar surface area (TPSA) is 61.7 Å². The molecule has 1 fully saturated rings. The number of hydrogen-bond acceptors (Lipinski definition) is 4. The highest BCUT2D eigenvalue weighted by atomic mass is 35.5. The van der Waals surface area contributed by atoms with E-state index in [4.69, 9.17) is 11.6 Å². The molecule has 0 aliphatic carbocycles. The number of carbonyl (C=O) groups is 1. The van der Waals surface area contributed by atoms with E-state index < -0.39 is 0 Å². The second-order valence-electron chi connectivity index (χ2n) is 6.39. The molecule has 0 bridgehead atoms. The normalized spacial score (nSPS) is 17.3. The average Bonchev–Trinajstić information content (AvgIpc) is 2.91. The van der Waals surface area contributed by atoms with Crippen molar-refractivity contribution in [3.63, 3.8) is 0 Å². The van der Waals surface area contributed by atoms with Crippen molar-refractivity contribution in [3.05, 3.63) is 63.0 Å². The number of nitrogens with one attached hydrogen (secondary N) is 1. The highest BCUT2D eigenvalue weighted by molar-refractivity contribution is 8.18. The summed E-state index contributed by atoms with van der Waals surface area (Å²) < 4.78 is 0. The molecule has 0 unspecified atom stereocenters. The highest BCUT2D eigenvalue weighted by Crippen LogP contribution is 2.34. The Kier molecular flexibility index (Phi) is 5.39. The monoisotopic (exact) mass is 386 g/mol. The first-order chi connectivity index (χ1) is 12.3. The van der Waals surface area contributed by atoms with Gasteiger partial charge in [-0.1, -0.05) is 37.6 Å². The van der Waals surface area contributed by atoms with E-state index in [0.29, 0.717) is 10.9 Å². The maximum Gasteiger partial charge on any atom is 0.289 e. The molecule has 1 aliphatic rings. The molecule has 134 valence electrons. The number of amidine groups is 1. The zero-order valence-electron chi connectivity index (χ0n) is 14.7. The molecule has 1 aliphatic heterocycles. The Hall–Kier alpha value is -2.24. The highest BCUT2D eigenvalue weighted by Gasteiger charge is 2.24. The van der Waals surface area contributed by atoms with Crippen LogP contribution in [-0.4, -0.2) is 16.2 Å². The van der Waals surface area contributed by atoms with Crippen LogP contribution in [-0.2, 0) is 0 Å². The maximum atomic E-state index is 11.9. The lowest BCUT2D eigenvalue weighted by Crippen LogP contribution is -2.18. The first-order valence-corrected chi connectivity index (χ1v) is 9.41. The molecule has 1 heterocycles. The summed E-state index contributed by atoms with van der Waals surface area (Å²) in [6.45, 7) is 5.91. The molecule has 2 aromatic rings. The van der Waals surface area contributed by atoms with Gasteiger partial charge in [-0.3, -0.25) is 4.79 Å². The summed E-state index contributed by atoms with van der Waals surface area (Å²) in [5.74, 6) is 0.952. The average molecular weight is 387 g/mol. The molecule has 0 radical (unpaired) electrons. The molecule has 0 spiro atoms. The van der Waals surface area contributed by atoms with Crippen molar-refractivity contribution in [2.24, 2.45) is 4.99 Å². The number of phenolic OH excluding ortho intramolecular Hbond substituents is 1. The number of rotatable bonds is 3. The molecule has 2 N–H and O–H groups in total. The van der Waals surface area contributed by atoms with E-state index >= 15 is 0 Å². The van der Waals surface area contributed by atoms with Crippen LogP contribution in [0.4, 0.5) is 10.5 Å². The van der Waals surface area contributed by atoms with Crippen molar-refractivity contribution in [1.29, 1.82) is 0 Å². The van der Waals surface area contributed by atoms with Gasteiger partial charge >= 0.3 is 0 Å². The summed E-state index contributed by atoms with van der Waals surface area (Å²) in [5, 5.41) is 13.4. The molecule has 1 saturated heterocycles. The Morgan fingerprint density at radius 2 is 1.92 bits per heavy atom. The molecule has 6 heteroatoms. The van der Waals surface area contributed by atoms with Crippen LogP contribution in [0.25, 0.3) is 6.08 Å². The summed E-state index contributed by atoms with van der Waals surface area (Å²) in [6.07, 6.45) is 1.90. The Bertz CT molecular complexity index is 918. The van der Waals surface area contributed by atoms with Gasteiger partial charge < -0.3 is 10.4 Å². The minimum atomic E-state index is -0.163. The predicted octanol–water partition coefficient (Wildman–Crippen LogP) is 6.00. The molecule has 0 aromatic heterocycles. The predicted molar refractivity (Wildman–Crippen MR) is 110 cm³/mol. The Morgan fingerprint density at radius 3 is 2.58 bits per heavy atom. The molecular weight excluding hydrogens is 368 g/mol. The van der Waals surface area contributed by atoms with Gasteiger partial charge in [-0.15, -0.1) is 0 Å². The third-order valence-electron chi connectivity index (χ3n) is 4.02. The number of carbonyl (C=O) groups excluding carboxylic acids is 1. The third-order valence-corrected chi connectivity index (χ3v) is 5.09. The summed E-state index contributed by atoms with van der Waals surface area (Å²) >= 11 is 7.03. The van der Waals surface area contributed by atoms with E-state index in [1.165, 1.54) is 0 Å². The number of aliphatic imine (C=N–C) groups is 1. The number of nitrogens with zero attached hydrogens (tertiary/aromatic N) is 1. The minimum Gasteiger partial charge on any atom is -0.508 e. The first-order valence-electron chi connectivity index (χ1n) is 8.22. The lowest BCUT2D eigenvalue weighted by Gasteiger charge is -2.11. The lowest BCUT2D eigenvalue weighted by molar-refractivity contribution is 0.265. The lowest BCUT2D eigenvalue weighted by atomic mass is 9.99. The van der Waals surface area contributed by atoms with Crippen molar-refractivity contribution in [3.8, 4) is 5.75 Å². The maximum absolute atomic E-state index is 11.9. The van der Waals surface area contributed by atoms with Crippen LogP contribution < -0.4 is 5.32 Å². The number of aromatic hydroxyl groups is 1. The van der Waals surface area contributed by atoms with Gasteiger partial charge in [0.05, 0.1) is 10.6 Å².